The monoisotopic (exact) mass is 209 g/mol. The number of aromatic nitrogens is 1. The van der Waals surface area contributed by atoms with Gasteiger partial charge in [-0.05, 0) is 32.7 Å². The molecular formula is C11H19N3O. The summed E-state index contributed by atoms with van der Waals surface area (Å²) in [4.78, 5) is 2.28. The SMILES string of the molecule is Cc1cc(CN(C)C(CN)C2CC2)on1. The molecule has 4 nitrogen and oxygen atoms in total. The third kappa shape index (κ3) is 2.58. The minimum absolute atomic E-state index is 0.496. The number of nitrogens with zero attached hydrogens (tertiary/aromatic N) is 2. The lowest BCUT2D eigenvalue weighted by atomic mass is 10.1. The summed E-state index contributed by atoms with van der Waals surface area (Å²) in [5.74, 6) is 1.72. The Labute approximate surface area is 90.4 Å². The van der Waals surface area contributed by atoms with Gasteiger partial charge >= 0.3 is 0 Å². The van der Waals surface area contributed by atoms with Gasteiger partial charge in [0.1, 0.15) is 0 Å². The van der Waals surface area contributed by atoms with Crippen molar-refractivity contribution < 1.29 is 4.52 Å². The number of hydrogen-bond donors (Lipinski definition) is 1. The highest BCUT2D eigenvalue weighted by Gasteiger charge is 2.33. The van der Waals surface area contributed by atoms with Gasteiger partial charge in [0.15, 0.2) is 5.76 Å². The summed E-state index contributed by atoms with van der Waals surface area (Å²) >= 11 is 0. The van der Waals surface area contributed by atoms with Gasteiger partial charge in [-0.15, -0.1) is 0 Å². The van der Waals surface area contributed by atoms with Crippen LogP contribution in [0.2, 0.25) is 0 Å². The molecule has 1 unspecified atom stereocenters. The van der Waals surface area contributed by atoms with Crippen molar-refractivity contribution >= 4 is 0 Å². The van der Waals surface area contributed by atoms with E-state index in [0.717, 1.165) is 30.5 Å². The third-order valence-corrected chi connectivity index (χ3v) is 3.06. The van der Waals surface area contributed by atoms with Crippen LogP contribution in [0.25, 0.3) is 0 Å². The smallest absolute Gasteiger partial charge is 0.150 e. The Morgan fingerprint density at radius 3 is 2.87 bits per heavy atom. The fraction of sp³-hybridized carbons (Fsp3) is 0.727. The van der Waals surface area contributed by atoms with Gasteiger partial charge < -0.3 is 10.3 Å². The molecule has 15 heavy (non-hydrogen) atoms. The first-order valence-corrected chi connectivity index (χ1v) is 5.53. The average Bonchev–Trinajstić information content (AvgIpc) is 2.93. The topological polar surface area (TPSA) is 55.3 Å². The van der Waals surface area contributed by atoms with Crippen molar-refractivity contribution in [2.75, 3.05) is 13.6 Å². The molecule has 1 heterocycles. The molecule has 0 aromatic carbocycles. The molecule has 1 atom stereocenters. The van der Waals surface area contributed by atoms with Gasteiger partial charge in [-0.2, -0.15) is 0 Å². The van der Waals surface area contributed by atoms with Crippen LogP contribution in [0.15, 0.2) is 10.6 Å². The van der Waals surface area contributed by atoms with E-state index < -0.39 is 0 Å². The third-order valence-electron chi connectivity index (χ3n) is 3.06. The highest BCUT2D eigenvalue weighted by atomic mass is 16.5. The van der Waals surface area contributed by atoms with E-state index in [9.17, 15) is 0 Å². The second-order valence-electron chi connectivity index (χ2n) is 4.49. The zero-order chi connectivity index (χ0) is 10.8. The Bertz CT molecular complexity index is 319. The Hall–Kier alpha value is -0.870. The van der Waals surface area contributed by atoms with Crippen molar-refractivity contribution in [3.63, 3.8) is 0 Å². The molecule has 2 N–H and O–H groups in total. The lowest BCUT2D eigenvalue weighted by molar-refractivity contribution is 0.192. The van der Waals surface area contributed by atoms with E-state index in [1.54, 1.807) is 0 Å². The van der Waals surface area contributed by atoms with Gasteiger partial charge in [0.2, 0.25) is 0 Å². The van der Waals surface area contributed by atoms with Crippen molar-refractivity contribution in [1.82, 2.24) is 10.1 Å². The highest BCUT2D eigenvalue weighted by Crippen LogP contribution is 2.34. The predicted molar refractivity (Wildman–Crippen MR) is 58.3 cm³/mol. The Morgan fingerprint density at radius 1 is 1.67 bits per heavy atom. The van der Waals surface area contributed by atoms with Crippen LogP contribution >= 0.6 is 0 Å². The first-order chi connectivity index (χ1) is 7.20. The van der Waals surface area contributed by atoms with Crippen LogP contribution in [0.5, 0.6) is 0 Å². The number of rotatable bonds is 5. The van der Waals surface area contributed by atoms with Crippen molar-refractivity contribution in [3.8, 4) is 0 Å². The van der Waals surface area contributed by atoms with E-state index in [4.69, 9.17) is 10.3 Å². The second kappa shape index (κ2) is 4.33. The van der Waals surface area contributed by atoms with Crippen LogP contribution in [0.1, 0.15) is 24.3 Å². The maximum Gasteiger partial charge on any atom is 0.150 e. The molecule has 0 radical (unpaired) electrons. The Balaban J connectivity index is 1.92. The molecule has 1 aliphatic rings. The van der Waals surface area contributed by atoms with Crippen molar-refractivity contribution in [1.29, 1.82) is 0 Å². The van der Waals surface area contributed by atoms with Gasteiger partial charge in [-0.3, -0.25) is 4.90 Å². The Kier molecular flexibility index (Phi) is 3.07. The predicted octanol–water partition coefficient (Wildman–Crippen LogP) is 1.15. The minimum atomic E-state index is 0.496. The summed E-state index contributed by atoms with van der Waals surface area (Å²) in [6.45, 7) is 3.47. The molecule has 1 aromatic heterocycles. The molecule has 0 bridgehead atoms. The van der Waals surface area contributed by atoms with Gasteiger partial charge in [-0.1, -0.05) is 5.16 Å². The number of hydrogen-bond acceptors (Lipinski definition) is 4. The molecule has 0 aliphatic heterocycles. The maximum atomic E-state index is 5.79. The van der Waals surface area contributed by atoms with Gasteiger partial charge in [-0.25, -0.2) is 0 Å². The summed E-state index contributed by atoms with van der Waals surface area (Å²) in [6, 6.07) is 2.48. The maximum absolute atomic E-state index is 5.79. The van der Waals surface area contributed by atoms with E-state index in [-0.39, 0.29) is 0 Å². The van der Waals surface area contributed by atoms with E-state index >= 15 is 0 Å². The summed E-state index contributed by atoms with van der Waals surface area (Å²) in [7, 11) is 2.10. The molecule has 0 saturated heterocycles. The van der Waals surface area contributed by atoms with Crippen LogP contribution < -0.4 is 5.73 Å². The van der Waals surface area contributed by atoms with Crippen LogP contribution in [0.4, 0.5) is 0 Å². The van der Waals surface area contributed by atoms with Crippen molar-refractivity contribution in [2.24, 2.45) is 11.7 Å². The standard InChI is InChI=1S/C11H19N3O/c1-8-5-10(15-13-8)7-14(2)11(6-12)9-3-4-9/h5,9,11H,3-4,6-7,12H2,1-2H3. The van der Waals surface area contributed by atoms with E-state index in [1.807, 2.05) is 13.0 Å². The fourth-order valence-electron chi connectivity index (χ4n) is 2.07. The van der Waals surface area contributed by atoms with Gasteiger partial charge in [0.05, 0.1) is 12.2 Å². The van der Waals surface area contributed by atoms with Crippen molar-refractivity contribution in [2.45, 2.75) is 32.4 Å². The zero-order valence-corrected chi connectivity index (χ0v) is 9.44. The largest absolute Gasteiger partial charge is 0.360 e. The molecule has 1 aromatic rings. The first-order valence-electron chi connectivity index (χ1n) is 5.53. The highest BCUT2D eigenvalue weighted by molar-refractivity contribution is 5.03. The lowest BCUT2D eigenvalue weighted by Gasteiger charge is -2.25. The number of likely N-dealkylation sites (N-methyl/N-ethyl adjacent to an activating group) is 1. The van der Waals surface area contributed by atoms with Crippen LogP contribution in [0.3, 0.4) is 0 Å². The van der Waals surface area contributed by atoms with Crippen LogP contribution in [-0.2, 0) is 6.54 Å². The molecule has 0 amide bonds. The quantitative estimate of drug-likeness (QED) is 0.790. The first kappa shape index (κ1) is 10.6. The van der Waals surface area contributed by atoms with E-state index in [1.165, 1.54) is 12.8 Å². The fourth-order valence-corrected chi connectivity index (χ4v) is 2.07. The van der Waals surface area contributed by atoms with Gasteiger partial charge in [0, 0.05) is 18.7 Å². The van der Waals surface area contributed by atoms with E-state index in [0.29, 0.717) is 6.04 Å². The summed E-state index contributed by atoms with van der Waals surface area (Å²) in [5, 5.41) is 3.88. The van der Waals surface area contributed by atoms with Crippen LogP contribution in [-0.4, -0.2) is 29.7 Å². The van der Waals surface area contributed by atoms with Crippen molar-refractivity contribution in [3.05, 3.63) is 17.5 Å². The molecule has 0 spiro atoms. The molecular weight excluding hydrogens is 190 g/mol. The summed E-state index contributed by atoms with van der Waals surface area (Å²) in [5.41, 5.74) is 6.72. The minimum Gasteiger partial charge on any atom is -0.360 e. The van der Waals surface area contributed by atoms with Gasteiger partial charge in [0.25, 0.3) is 0 Å². The number of aryl methyl sites for hydroxylation is 1. The van der Waals surface area contributed by atoms with Crippen LogP contribution in [0, 0.1) is 12.8 Å². The number of nitrogens with two attached hydrogens (primary N) is 1. The molecule has 4 heteroatoms. The molecule has 84 valence electrons. The zero-order valence-electron chi connectivity index (χ0n) is 9.44. The molecule has 1 fully saturated rings. The average molecular weight is 209 g/mol. The molecule has 2 rings (SSSR count). The summed E-state index contributed by atoms with van der Waals surface area (Å²) < 4.78 is 5.20. The molecule has 1 saturated carbocycles. The Morgan fingerprint density at radius 2 is 2.40 bits per heavy atom. The summed E-state index contributed by atoms with van der Waals surface area (Å²) in [6.07, 6.45) is 2.64. The van der Waals surface area contributed by atoms with E-state index in [2.05, 4.69) is 17.1 Å². The normalized spacial score (nSPS) is 18.4. The molecule has 1 aliphatic carbocycles. The second-order valence-corrected chi connectivity index (χ2v) is 4.49. The lowest BCUT2D eigenvalue weighted by Crippen LogP contribution is -2.39.